The van der Waals surface area contributed by atoms with Crippen LogP contribution in [-0.4, -0.2) is 0 Å². The molecule has 0 aromatic carbocycles. The van der Waals surface area contributed by atoms with Crippen molar-refractivity contribution in [2.24, 2.45) is 11.8 Å². The topological polar surface area (TPSA) is 0 Å². The zero-order valence-electron chi connectivity index (χ0n) is 13.3. The minimum absolute atomic E-state index is 0. The van der Waals surface area contributed by atoms with E-state index in [4.69, 9.17) is 0 Å². The van der Waals surface area contributed by atoms with E-state index in [-0.39, 0.29) is 2.85 Å². The molecule has 0 aromatic rings. The van der Waals surface area contributed by atoms with Crippen LogP contribution in [0.1, 0.15) is 43.4 Å². The monoisotopic (exact) mass is 400 g/mol. The molecule has 0 nitrogen and oxygen atoms in total. The van der Waals surface area contributed by atoms with Crippen molar-refractivity contribution in [1.29, 1.82) is 0 Å². The van der Waals surface area contributed by atoms with Gasteiger partial charge in [0.2, 0.25) is 0 Å². The van der Waals surface area contributed by atoms with Gasteiger partial charge in [0.25, 0.3) is 0 Å². The Labute approximate surface area is 117 Å². The summed E-state index contributed by atoms with van der Waals surface area (Å²) in [7, 11) is 0. The van der Waals surface area contributed by atoms with Crippen molar-refractivity contribution < 1.29 is 21.4 Å². The molecule has 17 heavy (non-hydrogen) atoms. The fourth-order valence-electron chi connectivity index (χ4n) is 2.39. The summed E-state index contributed by atoms with van der Waals surface area (Å²) in [5.74, 6) is 1.42. The van der Waals surface area contributed by atoms with Crippen molar-refractivity contribution in [2.75, 3.05) is 0 Å². The first-order valence-corrected chi connectivity index (χ1v) is 9.50. The van der Waals surface area contributed by atoms with E-state index >= 15 is 0 Å². The van der Waals surface area contributed by atoms with E-state index in [2.05, 4.69) is 52.0 Å². The van der Waals surface area contributed by atoms with Crippen molar-refractivity contribution in [2.45, 2.75) is 40.5 Å². The fraction of sp³-hybridized carbons (Fsp3) is 0.500. The summed E-state index contributed by atoms with van der Waals surface area (Å²) in [6, 6.07) is 0. The van der Waals surface area contributed by atoms with E-state index < -0.39 is 18.6 Å². The third-order valence-corrected chi connectivity index (χ3v) is 8.00. The van der Waals surface area contributed by atoms with Gasteiger partial charge in [0.1, 0.15) is 0 Å². The number of hydrogen-bond donors (Lipinski definition) is 0. The van der Waals surface area contributed by atoms with E-state index in [1.165, 1.54) is 12.8 Å². The maximum Gasteiger partial charge on any atom is -1.00 e. The average molecular weight is 400 g/mol. The van der Waals surface area contributed by atoms with Crippen LogP contribution in [-0.2, 0) is 18.6 Å². The summed E-state index contributed by atoms with van der Waals surface area (Å²) in [4.78, 5) is 0. The van der Waals surface area contributed by atoms with Crippen LogP contribution in [0, 0.1) is 11.8 Å². The van der Waals surface area contributed by atoms with E-state index in [0.717, 1.165) is 0 Å². The molecule has 0 N–H and O–H groups in total. The summed E-state index contributed by atoms with van der Waals surface area (Å²) >= 11 is -0.458. The Morgan fingerprint density at radius 1 is 0.882 bits per heavy atom. The van der Waals surface area contributed by atoms with Crippen LogP contribution in [0.2, 0.25) is 0 Å². The molecule has 0 aromatic heterocycles. The van der Waals surface area contributed by atoms with Gasteiger partial charge in [0, 0.05) is 0 Å². The zero-order chi connectivity index (χ0) is 12.4. The first-order valence-electron chi connectivity index (χ1n) is 6.56. The molecule has 0 radical (unpaired) electrons. The molecule has 0 spiro atoms. The van der Waals surface area contributed by atoms with Gasteiger partial charge in [-0.05, 0) is 0 Å². The summed E-state index contributed by atoms with van der Waals surface area (Å²) in [5.41, 5.74) is 3.30. The predicted octanol–water partition coefficient (Wildman–Crippen LogP) is 5.03. The van der Waals surface area contributed by atoms with Crippen LogP contribution in [0.25, 0.3) is 0 Å². The zero-order valence-corrected chi connectivity index (χ0v) is 14.2. The van der Waals surface area contributed by atoms with Crippen LogP contribution in [0.5, 0.6) is 0 Å². The minimum Gasteiger partial charge on any atom is -1.00 e. The molecule has 96 valence electrons. The Balaban J connectivity index is 0.00000162. The molecule has 0 fully saturated rings. The molecule has 2 aliphatic rings. The largest absolute Gasteiger partial charge is 1.00 e. The predicted molar refractivity (Wildman–Crippen MR) is 73.5 cm³/mol. The third-order valence-electron chi connectivity index (χ3n) is 3.34. The van der Waals surface area contributed by atoms with Gasteiger partial charge in [-0.15, -0.1) is 0 Å². The van der Waals surface area contributed by atoms with Crippen LogP contribution in [0.3, 0.4) is 0 Å². The quantitative estimate of drug-likeness (QED) is 0.621. The second-order valence-corrected chi connectivity index (χ2v) is 9.66. The maximum absolute atomic E-state index is 2.37. The third kappa shape index (κ3) is 2.91. The molecular formula is C16H24W-2. The Bertz CT molecular complexity index is 386. The molecule has 1 heteroatoms. The second kappa shape index (κ2) is 5.53. The van der Waals surface area contributed by atoms with Crippen LogP contribution in [0.15, 0.2) is 43.4 Å². The van der Waals surface area contributed by atoms with Gasteiger partial charge in [0.15, 0.2) is 0 Å². The SMILES string of the molecule is CC(C)C1=[C]([W][C]2=C(C(C)C)C=CC2)CC=C1.[H-].[H-]. The molecule has 0 saturated heterocycles. The molecule has 2 rings (SSSR count). The minimum atomic E-state index is -0.458. The Hall–Kier alpha value is -0.352. The second-order valence-electron chi connectivity index (χ2n) is 5.38. The van der Waals surface area contributed by atoms with E-state index in [9.17, 15) is 0 Å². The molecule has 0 amide bonds. The van der Waals surface area contributed by atoms with Gasteiger partial charge in [-0.1, -0.05) is 0 Å². The molecule has 2 aliphatic carbocycles. The summed E-state index contributed by atoms with van der Waals surface area (Å²) in [6.45, 7) is 9.31. The summed E-state index contributed by atoms with van der Waals surface area (Å²) in [5, 5.41) is 0. The van der Waals surface area contributed by atoms with Crippen LogP contribution >= 0.6 is 0 Å². The standard InChI is InChI=1S/2C8H11.W.2H/c2*1-7(2)8-5-3-4-6-8;;;/h2*3,5,7H,4H2,1-2H3;;;/q;;;2*-1. The first kappa shape index (κ1) is 13.1. The number of hydrogen-bond acceptors (Lipinski definition) is 0. The normalized spacial score (nSPS) is 19.6. The summed E-state index contributed by atoms with van der Waals surface area (Å²) < 4.78 is 3.63. The van der Waals surface area contributed by atoms with Gasteiger partial charge in [0.05, 0.1) is 0 Å². The van der Waals surface area contributed by atoms with Gasteiger partial charge in [-0.25, -0.2) is 0 Å². The van der Waals surface area contributed by atoms with Crippen LogP contribution in [0.4, 0.5) is 0 Å². The van der Waals surface area contributed by atoms with Crippen molar-refractivity contribution in [1.82, 2.24) is 0 Å². The van der Waals surface area contributed by atoms with Crippen molar-refractivity contribution in [3.63, 3.8) is 0 Å². The maximum atomic E-state index is 2.37. The number of allylic oxidation sites excluding steroid dienone is 8. The molecular weight excluding hydrogens is 376 g/mol. The average Bonchev–Trinajstić information content (AvgIpc) is 2.86. The smallest absolute Gasteiger partial charge is 1.00 e. The Morgan fingerprint density at radius 2 is 1.29 bits per heavy atom. The van der Waals surface area contributed by atoms with Crippen LogP contribution < -0.4 is 0 Å². The molecule has 0 bridgehead atoms. The van der Waals surface area contributed by atoms with E-state index in [1.54, 1.807) is 11.1 Å². The van der Waals surface area contributed by atoms with Gasteiger partial charge >= 0.3 is 114 Å². The fourth-order valence-corrected chi connectivity index (χ4v) is 7.77. The molecule has 0 atom stereocenters. The Morgan fingerprint density at radius 3 is 1.65 bits per heavy atom. The molecule has 0 saturated carbocycles. The van der Waals surface area contributed by atoms with E-state index in [1.807, 2.05) is 7.93 Å². The van der Waals surface area contributed by atoms with E-state index in [0.29, 0.717) is 11.8 Å². The Kier molecular flexibility index (Phi) is 4.26. The van der Waals surface area contributed by atoms with Gasteiger partial charge < -0.3 is 2.85 Å². The summed E-state index contributed by atoms with van der Waals surface area (Å²) in [6.07, 6.45) is 12.0. The van der Waals surface area contributed by atoms with Crippen molar-refractivity contribution in [3.8, 4) is 0 Å². The molecule has 0 heterocycles. The first-order chi connectivity index (χ1) is 8.09. The number of rotatable bonds is 4. The van der Waals surface area contributed by atoms with Crippen molar-refractivity contribution in [3.05, 3.63) is 43.4 Å². The van der Waals surface area contributed by atoms with Gasteiger partial charge in [-0.2, -0.15) is 0 Å². The molecule has 0 aliphatic heterocycles. The van der Waals surface area contributed by atoms with Crippen molar-refractivity contribution >= 4 is 0 Å². The molecule has 0 unspecified atom stereocenters. The van der Waals surface area contributed by atoms with Gasteiger partial charge in [-0.3, -0.25) is 0 Å².